The van der Waals surface area contributed by atoms with Crippen molar-refractivity contribution in [3.05, 3.63) is 135 Å². The van der Waals surface area contributed by atoms with E-state index in [0.29, 0.717) is 49.4 Å². The summed E-state index contributed by atoms with van der Waals surface area (Å²) in [4.78, 5) is 49.4. The molecular formula is C29H22I2O6S2Y2-2. The number of ketones is 4. The van der Waals surface area contributed by atoms with Crippen LogP contribution in [0.1, 0.15) is 69.2 Å². The number of rotatable bonds is 0. The Labute approximate surface area is 324 Å². The zero-order valence-corrected chi connectivity index (χ0v) is 33.2. The van der Waals surface area contributed by atoms with E-state index in [-0.39, 0.29) is 113 Å². The molecule has 0 aliphatic heterocycles. The van der Waals surface area contributed by atoms with Crippen molar-refractivity contribution >= 4 is 86.5 Å². The predicted molar refractivity (Wildman–Crippen MR) is 174 cm³/mol. The van der Waals surface area contributed by atoms with E-state index in [0.717, 1.165) is 5.56 Å². The summed E-state index contributed by atoms with van der Waals surface area (Å²) in [7, 11) is 0. The van der Waals surface area contributed by atoms with Crippen LogP contribution in [-0.4, -0.2) is 34.1 Å². The smallest absolute Gasteiger partial charge is 0.194 e. The van der Waals surface area contributed by atoms with Crippen molar-refractivity contribution < 1.29 is 95.5 Å². The maximum absolute atomic E-state index is 12.3. The zero-order chi connectivity index (χ0) is 26.0. The van der Waals surface area contributed by atoms with E-state index in [2.05, 4.69) is 37.2 Å². The number of hydrogen-bond donors (Lipinski definition) is 0. The van der Waals surface area contributed by atoms with Crippen molar-refractivity contribution in [2.24, 2.45) is 0 Å². The van der Waals surface area contributed by atoms with Gasteiger partial charge in [-0.2, -0.15) is 4.90 Å². The van der Waals surface area contributed by atoms with Gasteiger partial charge in [0.15, 0.2) is 23.1 Å². The van der Waals surface area contributed by atoms with Gasteiger partial charge in [0.1, 0.15) is 0 Å². The third-order valence-corrected chi connectivity index (χ3v) is 6.23. The molecule has 0 fully saturated rings. The van der Waals surface area contributed by atoms with Gasteiger partial charge in [-0.1, -0.05) is 84.4 Å². The van der Waals surface area contributed by atoms with Gasteiger partial charge < -0.3 is 37.1 Å². The van der Waals surface area contributed by atoms with Crippen LogP contribution in [0.5, 0.6) is 0 Å². The number of thiol groups is 1. The second kappa shape index (κ2) is 19.2. The molecule has 2 aliphatic carbocycles. The number of aryl methyl sites for hydroxylation is 1. The van der Waals surface area contributed by atoms with Crippen LogP contribution in [0.2, 0.25) is 0 Å². The number of carbonyl (C=O) groups is 4. The van der Waals surface area contributed by atoms with E-state index in [4.69, 9.17) is 12.6 Å². The van der Waals surface area contributed by atoms with E-state index >= 15 is 0 Å². The Balaban J connectivity index is 0. The van der Waals surface area contributed by atoms with Crippen LogP contribution in [0.3, 0.4) is 0 Å². The quantitative estimate of drug-likeness (QED) is 0.120. The number of benzene rings is 4. The summed E-state index contributed by atoms with van der Waals surface area (Å²) in [5.41, 5.74) is 4.85. The van der Waals surface area contributed by atoms with Crippen molar-refractivity contribution in [2.75, 3.05) is 0 Å². The summed E-state index contributed by atoms with van der Waals surface area (Å²) in [5.74, 6) is -0.346. The molecule has 41 heavy (non-hydrogen) atoms. The molecule has 2 aliphatic rings. The Hall–Kier alpha value is -0.282. The van der Waals surface area contributed by atoms with Gasteiger partial charge in [0.05, 0.1) is 0 Å². The van der Waals surface area contributed by atoms with Gasteiger partial charge in [0.25, 0.3) is 0 Å². The molecule has 12 heteroatoms. The topological polar surface area (TPSA) is 131 Å². The van der Waals surface area contributed by atoms with E-state index in [9.17, 15) is 19.2 Å². The summed E-state index contributed by atoms with van der Waals surface area (Å²) in [6.45, 7) is 1.92. The Kier molecular flexibility index (Phi) is 20.0. The second-order valence-electron chi connectivity index (χ2n) is 8.16. The maximum atomic E-state index is 12.3. The van der Waals surface area contributed by atoms with Crippen molar-refractivity contribution in [1.29, 1.82) is 0 Å². The predicted octanol–water partition coefficient (Wildman–Crippen LogP) is 4.99. The van der Waals surface area contributed by atoms with E-state index in [1.54, 1.807) is 78.9 Å². The second-order valence-corrected chi connectivity index (χ2v) is 8.64. The standard InChI is InChI=1S/C15H10O2.C14H8O2S.I2.2H2O.H2S.2Y/c1-9-6-7-12-13(8-9)15(17)11-5-3-2-4-10(11)14(12)16;15-13-9-3-1-2-4-10(9)14(16)12-7-8(17)5-6-11(12)13;1-2;;;;;/h2-8H,1H3;1-7,17H;;3*1H2;;/p-2. The Morgan fingerprint density at radius 3 is 1.17 bits per heavy atom. The maximum Gasteiger partial charge on any atom is 0.194 e. The number of halogens is 2. The van der Waals surface area contributed by atoms with Crippen molar-refractivity contribution in [2.45, 2.75) is 11.8 Å². The van der Waals surface area contributed by atoms with Crippen molar-refractivity contribution in [3.8, 4) is 0 Å². The summed E-state index contributed by atoms with van der Waals surface area (Å²) < 4.78 is 0. The Morgan fingerprint density at radius 1 is 0.488 bits per heavy atom. The zero-order valence-electron chi connectivity index (χ0n) is 21.5. The van der Waals surface area contributed by atoms with Gasteiger partial charge >= 0.3 is 0 Å². The van der Waals surface area contributed by atoms with Gasteiger partial charge in [-0.05, 0) is 13.0 Å². The number of hydrogen-bond acceptors (Lipinski definition) is 6. The molecule has 0 saturated carbocycles. The fourth-order valence-electron chi connectivity index (χ4n) is 4.29. The number of fused-ring (bicyclic) bond motifs is 4. The van der Waals surface area contributed by atoms with E-state index < -0.39 is 0 Å². The largest absolute Gasteiger partial charge is 0.813 e. The molecule has 6 rings (SSSR count). The molecule has 4 aromatic carbocycles. The van der Waals surface area contributed by atoms with Crippen LogP contribution < -0.4 is 0 Å². The minimum absolute atomic E-state index is 0. The van der Waals surface area contributed by atoms with Gasteiger partial charge in [-0.3, -0.25) is 19.2 Å². The molecule has 0 atom stereocenters. The van der Waals surface area contributed by atoms with Gasteiger partial charge in [0.2, 0.25) is 0 Å². The summed E-state index contributed by atoms with van der Waals surface area (Å²) in [5, 5.41) is 0. The van der Waals surface area contributed by atoms with Crippen molar-refractivity contribution in [1.82, 2.24) is 0 Å². The van der Waals surface area contributed by atoms with Crippen LogP contribution >= 0.6 is 37.2 Å². The van der Waals surface area contributed by atoms with Crippen LogP contribution in [0, 0.1) is 6.92 Å². The monoisotopic (exact) mass is 962 g/mol. The third-order valence-electron chi connectivity index (χ3n) is 5.98. The average molecular weight is 962 g/mol. The molecule has 0 unspecified atom stereocenters. The fourth-order valence-corrected chi connectivity index (χ4v) is 4.48. The Bertz CT molecular complexity index is 1460. The summed E-state index contributed by atoms with van der Waals surface area (Å²) in [6, 6.07) is 24.1. The molecule has 6 nitrogen and oxygen atoms in total. The molecule has 2 radical (unpaired) electrons. The Morgan fingerprint density at radius 2 is 0.780 bits per heavy atom. The third kappa shape index (κ3) is 8.89. The number of carbonyl (C=O) groups excluding carboxylic acids is 4. The molecule has 4 N–H and O–H groups in total. The van der Waals surface area contributed by atoms with Crippen LogP contribution in [0.4, 0.5) is 0 Å². The average Bonchev–Trinajstić information content (AvgIpc) is 2.92. The van der Waals surface area contributed by atoms with Crippen LogP contribution in [-0.2, 0) is 91.5 Å². The van der Waals surface area contributed by atoms with Gasteiger partial charge in [-0.15, -0.1) is 0 Å². The first-order valence-electron chi connectivity index (χ1n) is 10.8. The molecule has 0 heterocycles. The first-order valence-corrected chi connectivity index (χ1v) is 17.5. The van der Waals surface area contributed by atoms with Crippen LogP contribution in [0.15, 0.2) is 89.8 Å². The summed E-state index contributed by atoms with van der Waals surface area (Å²) in [6.07, 6.45) is 0. The van der Waals surface area contributed by atoms with Crippen LogP contribution in [0.25, 0.3) is 0 Å². The fraction of sp³-hybridized carbons (Fsp3) is 0.0345. The SMILES string of the molecule is Cc1ccc2c(c1)C(=O)c1ccccc1C2=O.II.O.O.O=C1c2ccccc2C(=O)c2cc([S-])ccc21.[SH-].[Y].[Y]. The summed E-state index contributed by atoms with van der Waals surface area (Å²) >= 11 is 9.26. The molecule has 0 spiro atoms. The normalized spacial score (nSPS) is 11.1. The molecule has 0 saturated heterocycles. The molecule has 0 amide bonds. The molecular weight excluding hydrogens is 940 g/mol. The minimum Gasteiger partial charge on any atom is -0.813 e. The van der Waals surface area contributed by atoms with Gasteiger partial charge in [0, 0.05) is 147 Å². The molecule has 208 valence electrons. The molecule has 0 bridgehead atoms. The molecule has 0 aromatic heterocycles. The molecule has 4 aromatic rings. The first-order chi connectivity index (χ1) is 17.4. The first kappa shape index (κ1) is 42.8. The van der Waals surface area contributed by atoms with E-state index in [1.807, 2.05) is 13.0 Å². The van der Waals surface area contributed by atoms with E-state index in [1.165, 1.54) is 0 Å². The minimum atomic E-state index is -0.123. The van der Waals surface area contributed by atoms with Crippen molar-refractivity contribution in [3.63, 3.8) is 0 Å². The van der Waals surface area contributed by atoms with Gasteiger partial charge in [-0.25, -0.2) is 0 Å².